The number of nitrogens with zero attached hydrogens (tertiary/aromatic N) is 1. The summed E-state index contributed by atoms with van der Waals surface area (Å²) in [7, 11) is 0. The number of hydrogen-bond acceptors (Lipinski definition) is 3. The number of halogens is 1. The van der Waals surface area contributed by atoms with E-state index in [0.717, 1.165) is 23.2 Å². The molecule has 0 spiro atoms. The molecule has 154 valence electrons. The number of fused-ring (bicyclic) bond motifs is 1. The monoisotopic (exact) mass is 413 g/mol. The molecule has 3 aromatic rings. The molecular formula is C24H28FNO2S. The van der Waals surface area contributed by atoms with Gasteiger partial charge in [0.15, 0.2) is 11.5 Å². The largest absolute Gasteiger partial charge is 0.504 e. The number of rotatable bonds is 9. The van der Waals surface area contributed by atoms with Crippen LogP contribution in [0.5, 0.6) is 11.5 Å². The van der Waals surface area contributed by atoms with E-state index in [4.69, 9.17) is 4.74 Å². The molecule has 1 fully saturated rings. The first-order chi connectivity index (χ1) is 14.1. The fourth-order valence-corrected chi connectivity index (χ4v) is 4.33. The number of aromatic nitrogens is 1. The minimum Gasteiger partial charge on any atom is -0.504 e. The predicted molar refractivity (Wildman–Crippen MR) is 118 cm³/mol. The van der Waals surface area contributed by atoms with Gasteiger partial charge in [0.25, 0.3) is 0 Å². The molecule has 1 unspecified atom stereocenters. The van der Waals surface area contributed by atoms with Crippen LogP contribution in [0.1, 0.15) is 50.3 Å². The maximum absolute atomic E-state index is 13.6. The number of alkyl halides is 1. The summed E-state index contributed by atoms with van der Waals surface area (Å²) in [5.41, 5.74) is 3.50. The molecule has 0 bridgehead atoms. The summed E-state index contributed by atoms with van der Waals surface area (Å²) in [4.78, 5) is 1.29. The summed E-state index contributed by atoms with van der Waals surface area (Å²) in [5, 5.41) is 11.6. The van der Waals surface area contributed by atoms with Gasteiger partial charge in [-0.2, -0.15) is 0 Å². The molecule has 1 heterocycles. The zero-order valence-corrected chi connectivity index (χ0v) is 17.8. The Morgan fingerprint density at radius 2 is 1.93 bits per heavy atom. The van der Waals surface area contributed by atoms with Gasteiger partial charge in [0.2, 0.25) is 0 Å². The van der Waals surface area contributed by atoms with Crippen LogP contribution in [0.25, 0.3) is 10.9 Å². The van der Waals surface area contributed by atoms with E-state index in [9.17, 15) is 9.50 Å². The molecule has 0 amide bonds. The van der Waals surface area contributed by atoms with Gasteiger partial charge in [0, 0.05) is 22.5 Å². The van der Waals surface area contributed by atoms with E-state index in [2.05, 4.69) is 41.8 Å². The highest BCUT2D eigenvalue weighted by Gasteiger charge is 2.29. The summed E-state index contributed by atoms with van der Waals surface area (Å²) < 4.78 is 21.4. The first-order valence-corrected chi connectivity index (χ1v) is 11.4. The van der Waals surface area contributed by atoms with Gasteiger partial charge in [-0.05, 0) is 66.8 Å². The Labute approximate surface area is 175 Å². The Hall–Kier alpha value is -2.14. The van der Waals surface area contributed by atoms with Gasteiger partial charge in [-0.15, -0.1) is 11.8 Å². The zero-order valence-electron chi connectivity index (χ0n) is 17.0. The molecule has 1 aliphatic carbocycles. The Morgan fingerprint density at radius 1 is 1.17 bits per heavy atom. The lowest BCUT2D eigenvalue weighted by atomic mass is 10.2. The summed E-state index contributed by atoms with van der Waals surface area (Å²) in [6.07, 6.45) is 1.76. The van der Waals surface area contributed by atoms with Crippen LogP contribution in [0, 0.1) is 0 Å². The Balaban J connectivity index is 1.65. The Bertz CT molecular complexity index is 979. The third-order valence-corrected chi connectivity index (χ3v) is 6.38. The number of benzene rings is 2. The molecule has 1 N–H and O–H groups in total. The highest BCUT2D eigenvalue weighted by Crippen LogP contribution is 2.45. The molecule has 5 heteroatoms. The maximum Gasteiger partial charge on any atom is 0.167 e. The summed E-state index contributed by atoms with van der Waals surface area (Å²) in [6.45, 7) is 4.68. The molecule has 1 aromatic heterocycles. The van der Waals surface area contributed by atoms with Gasteiger partial charge in [-0.3, -0.25) is 0 Å². The van der Waals surface area contributed by atoms with Crippen LogP contribution < -0.4 is 4.74 Å². The van der Waals surface area contributed by atoms with Crippen LogP contribution >= 0.6 is 11.8 Å². The van der Waals surface area contributed by atoms with E-state index in [1.165, 1.54) is 29.0 Å². The van der Waals surface area contributed by atoms with Gasteiger partial charge in [0.1, 0.15) is 12.8 Å². The average Bonchev–Trinajstić information content (AvgIpc) is 3.51. The van der Waals surface area contributed by atoms with Crippen LogP contribution in [-0.2, 0) is 6.54 Å². The molecule has 0 saturated heterocycles. The molecule has 0 radical (unpaired) electrons. The van der Waals surface area contributed by atoms with E-state index in [0.29, 0.717) is 18.1 Å². The average molecular weight is 414 g/mol. The third kappa shape index (κ3) is 4.40. The Kier molecular flexibility index (Phi) is 6.04. The van der Waals surface area contributed by atoms with Crippen molar-refractivity contribution in [3.8, 4) is 11.5 Å². The normalized spacial score (nSPS) is 15.0. The number of phenols is 1. The minimum atomic E-state index is -1.02. The topological polar surface area (TPSA) is 34.4 Å². The second-order valence-electron chi connectivity index (χ2n) is 7.67. The number of phenolic OH excluding ortho intramolecular Hbond substituents is 1. The van der Waals surface area contributed by atoms with E-state index in [1.807, 2.05) is 17.8 Å². The van der Waals surface area contributed by atoms with E-state index >= 15 is 0 Å². The standard InChI is InChI=1S/C24H28FNO2S/c1-3-18(25)15-28-23-12-11-21-20(24(23)27)13-22(17-7-8-17)26(21)14-16-5-9-19(10-6-16)29-4-2/h5-6,9-13,17-18,27H,3-4,7-8,14-15H2,1-2H3. The number of hydrogen-bond donors (Lipinski definition) is 1. The third-order valence-electron chi connectivity index (χ3n) is 5.49. The molecule has 3 nitrogen and oxygen atoms in total. The molecule has 29 heavy (non-hydrogen) atoms. The van der Waals surface area contributed by atoms with E-state index in [1.54, 1.807) is 13.0 Å². The van der Waals surface area contributed by atoms with Gasteiger partial charge in [-0.1, -0.05) is 26.0 Å². The summed E-state index contributed by atoms with van der Waals surface area (Å²) in [6, 6.07) is 14.6. The first kappa shape index (κ1) is 20.1. The fourth-order valence-electron chi connectivity index (χ4n) is 3.67. The maximum atomic E-state index is 13.6. The van der Waals surface area contributed by atoms with E-state index < -0.39 is 6.17 Å². The van der Waals surface area contributed by atoms with Crippen molar-refractivity contribution in [2.75, 3.05) is 12.4 Å². The first-order valence-electron chi connectivity index (χ1n) is 10.4. The van der Waals surface area contributed by atoms with Crippen LogP contribution in [0.2, 0.25) is 0 Å². The van der Waals surface area contributed by atoms with Crippen LogP contribution in [0.4, 0.5) is 4.39 Å². The molecule has 1 aliphatic rings. The van der Waals surface area contributed by atoms with Crippen molar-refractivity contribution in [1.29, 1.82) is 0 Å². The lowest BCUT2D eigenvalue weighted by Crippen LogP contribution is -2.11. The second-order valence-corrected chi connectivity index (χ2v) is 9.01. The van der Waals surface area contributed by atoms with Crippen LogP contribution in [0.3, 0.4) is 0 Å². The number of aromatic hydroxyl groups is 1. The van der Waals surface area contributed by atoms with Gasteiger partial charge in [-0.25, -0.2) is 4.39 Å². The SMILES string of the molecule is CCSc1ccc(Cn2c(C3CC3)cc3c(O)c(OCC(F)CC)ccc32)cc1. The summed E-state index contributed by atoms with van der Waals surface area (Å²) >= 11 is 1.84. The molecule has 0 aliphatic heterocycles. The van der Waals surface area contributed by atoms with Gasteiger partial charge in [0.05, 0.1) is 5.52 Å². The Morgan fingerprint density at radius 3 is 2.59 bits per heavy atom. The molecular weight excluding hydrogens is 385 g/mol. The number of thioether (sulfide) groups is 1. The van der Waals surface area contributed by atoms with Crippen molar-refractivity contribution in [1.82, 2.24) is 4.57 Å². The zero-order chi connectivity index (χ0) is 20.4. The lowest BCUT2D eigenvalue weighted by Gasteiger charge is -2.13. The van der Waals surface area contributed by atoms with Crippen molar-refractivity contribution < 1.29 is 14.2 Å². The van der Waals surface area contributed by atoms with E-state index in [-0.39, 0.29) is 12.4 Å². The second kappa shape index (κ2) is 8.70. The van der Waals surface area contributed by atoms with Crippen molar-refractivity contribution in [2.24, 2.45) is 0 Å². The van der Waals surface area contributed by atoms with Gasteiger partial charge < -0.3 is 14.4 Å². The van der Waals surface area contributed by atoms with Crippen molar-refractivity contribution in [3.05, 3.63) is 53.7 Å². The molecule has 1 atom stereocenters. The molecule has 4 rings (SSSR count). The predicted octanol–water partition coefficient (Wildman–Crippen LogP) is 6.51. The van der Waals surface area contributed by atoms with Crippen molar-refractivity contribution in [2.45, 2.75) is 56.6 Å². The van der Waals surface area contributed by atoms with Crippen LogP contribution in [0.15, 0.2) is 47.4 Å². The van der Waals surface area contributed by atoms with Crippen molar-refractivity contribution in [3.63, 3.8) is 0 Å². The van der Waals surface area contributed by atoms with Gasteiger partial charge >= 0.3 is 0 Å². The number of ether oxygens (including phenoxy) is 1. The fraction of sp³-hybridized carbons (Fsp3) is 0.417. The smallest absolute Gasteiger partial charge is 0.167 e. The molecule has 1 saturated carbocycles. The highest BCUT2D eigenvalue weighted by atomic mass is 32.2. The summed E-state index contributed by atoms with van der Waals surface area (Å²) in [5.74, 6) is 2.09. The lowest BCUT2D eigenvalue weighted by molar-refractivity contribution is 0.187. The molecule has 2 aromatic carbocycles. The minimum absolute atomic E-state index is 0.0339. The van der Waals surface area contributed by atoms with Crippen molar-refractivity contribution >= 4 is 22.7 Å². The highest BCUT2D eigenvalue weighted by molar-refractivity contribution is 7.99. The quantitative estimate of drug-likeness (QED) is 0.406. The van der Waals surface area contributed by atoms with Crippen LogP contribution in [-0.4, -0.2) is 28.2 Å².